The molecule has 1 heterocycles. The summed E-state index contributed by atoms with van der Waals surface area (Å²) in [5.74, 6) is 0. The van der Waals surface area contributed by atoms with Gasteiger partial charge in [0.2, 0.25) is 0 Å². The van der Waals surface area contributed by atoms with Crippen molar-refractivity contribution >= 4 is 0 Å². The molecule has 1 atom stereocenters. The van der Waals surface area contributed by atoms with Crippen LogP contribution in [0.3, 0.4) is 0 Å². The zero-order valence-corrected chi connectivity index (χ0v) is 5.78. The summed E-state index contributed by atoms with van der Waals surface area (Å²) >= 11 is 0. The Kier molecular flexibility index (Phi) is 1.96. The molecule has 0 aliphatic heterocycles. The van der Waals surface area contributed by atoms with Crippen molar-refractivity contribution in [3.8, 4) is 6.07 Å². The minimum absolute atomic E-state index is 0.146. The van der Waals surface area contributed by atoms with Crippen LogP contribution in [0.4, 0.5) is 0 Å². The molecule has 1 aromatic rings. The van der Waals surface area contributed by atoms with E-state index in [1.165, 1.54) is 0 Å². The van der Waals surface area contributed by atoms with Gasteiger partial charge in [0.1, 0.15) is 6.04 Å². The summed E-state index contributed by atoms with van der Waals surface area (Å²) in [4.78, 5) is 0. The molecule has 10 heavy (non-hydrogen) atoms. The molecule has 52 valence electrons. The van der Waals surface area contributed by atoms with Gasteiger partial charge < -0.3 is 5.43 Å². The lowest BCUT2D eigenvalue weighted by Gasteiger charge is -2.07. The van der Waals surface area contributed by atoms with Gasteiger partial charge in [0.25, 0.3) is 0 Å². The summed E-state index contributed by atoms with van der Waals surface area (Å²) in [6.45, 7) is 1.81. The fraction of sp³-hybridized carbons (Fsp3) is 0.286. The molecule has 0 amide bonds. The van der Waals surface area contributed by atoms with Crippen molar-refractivity contribution in [3.05, 3.63) is 24.5 Å². The maximum Gasteiger partial charge on any atom is 0.126 e. The van der Waals surface area contributed by atoms with E-state index in [0.29, 0.717) is 0 Å². The van der Waals surface area contributed by atoms with Crippen LogP contribution in [0, 0.1) is 11.3 Å². The van der Waals surface area contributed by atoms with Crippen LogP contribution in [0.15, 0.2) is 24.5 Å². The summed E-state index contributed by atoms with van der Waals surface area (Å²) in [5, 5.41) is 8.41. The summed E-state index contributed by atoms with van der Waals surface area (Å²) in [7, 11) is 0. The molecule has 1 aromatic heterocycles. The van der Waals surface area contributed by atoms with Crippen LogP contribution < -0.4 is 5.43 Å². The monoisotopic (exact) mass is 135 g/mol. The largest absolute Gasteiger partial charge is 0.309 e. The quantitative estimate of drug-likeness (QED) is 0.655. The SMILES string of the molecule is CC(C#N)Nn1cccc1. The first-order valence-corrected chi connectivity index (χ1v) is 3.12. The van der Waals surface area contributed by atoms with Gasteiger partial charge in [-0.3, -0.25) is 4.68 Å². The minimum Gasteiger partial charge on any atom is -0.309 e. The zero-order valence-electron chi connectivity index (χ0n) is 5.78. The molecule has 0 aromatic carbocycles. The zero-order chi connectivity index (χ0) is 7.40. The second-order valence-electron chi connectivity index (χ2n) is 2.07. The summed E-state index contributed by atoms with van der Waals surface area (Å²) in [5.41, 5.74) is 2.93. The van der Waals surface area contributed by atoms with E-state index >= 15 is 0 Å². The van der Waals surface area contributed by atoms with Gasteiger partial charge in [0.05, 0.1) is 6.07 Å². The highest BCUT2D eigenvalue weighted by molar-refractivity contribution is 5.00. The van der Waals surface area contributed by atoms with E-state index in [4.69, 9.17) is 5.26 Å². The van der Waals surface area contributed by atoms with Crippen LogP contribution >= 0.6 is 0 Å². The first kappa shape index (κ1) is 6.69. The standard InChI is InChI=1S/C7H9N3/c1-7(6-8)9-10-4-2-3-5-10/h2-5,7,9H,1H3. The Morgan fingerprint density at radius 1 is 1.50 bits per heavy atom. The number of hydrogen-bond acceptors (Lipinski definition) is 2. The molecule has 0 saturated carbocycles. The highest BCUT2D eigenvalue weighted by Crippen LogP contribution is 1.87. The lowest BCUT2D eigenvalue weighted by atomic mass is 10.4. The van der Waals surface area contributed by atoms with Gasteiger partial charge >= 0.3 is 0 Å². The Balaban J connectivity index is 2.50. The Bertz CT molecular complexity index is 219. The molecule has 3 nitrogen and oxygen atoms in total. The van der Waals surface area contributed by atoms with Crippen LogP contribution in [-0.4, -0.2) is 10.7 Å². The molecule has 0 bridgehead atoms. The number of nitrogens with zero attached hydrogens (tertiary/aromatic N) is 2. The molecular formula is C7H9N3. The van der Waals surface area contributed by atoms with Gasteiger partial charge in [0, 0.05) is 12.4 Å². The number of aromatic nitrogens is 1. The van der Waals surface area contributed by atoms with Crippen LogP contribution in [0.25, 0.3) is 0 Å². The third-order valence-electron chi connectivity index (χ3n) is 1.14. The molecule has 0 aliphatic carbocycles. The molecule has 0 radical (unpaired) electrons. The van der Waals surface area contributed by atoms with E-state index < -0.39 is 0 Å². The highest BCUT2D eigenvalue weighted by Gasteiger charge is 1.94. The molecule has 0 saturated heterocycles. The van der Waals surface area contributed by atoms with Crippen LogP contribution in [0.1, 0.15) is 6.92 Å². The van der Waals surface area contributed by atoms with Crippen molar-refractivity contribution in [1.29, 1.82) is 5.26 Å². The Hall–Kier alpha value is -1.43. The average Bonchev–Trinajstić information content (AvgIpc) is 2.40. The van der Waals surface area contributed by atoms with Crippen LogP contribution in [-0.2, 0) is 0 Å². The van der Waals surface area contributed by atoms with Crippen LogP contribution in [0.5, 0.6) is 0 Å². The molecule has 3 heteroatoms. The number of rotatable bonds is 2. The van der Waals surface area contributed by atoms with Crippen molar-refractivity contribution in [2.24, 2.45) is 0 Å². The Labute approximate surface area is 59.9 Å². The molecule has 1 N–H and O–H groups in total. The summed E-state index contributed by atoms with van der Waals surface area (Å²) in [6.07, 6.45) is 3.71. The molecule has 0 aliphatic rings. The van der Waals surface area contributed by atoms with Crippen molar-refractivity contribution in [2.45, 2.75) is 13.0 Å². The first-order chi connectivity index (χ1) is 4.83. The van der Waals surface area contributed by atoms with E-state index in [1.54, 1.807) is 11.6 Å². The van der Waals surface area contributed by atoms with Crippen LogP contribution in [0.2, 0.25) is 0 Å². The maximum atomic E-state index is 8.41. The van der Waals surface area contributed by atoms with Gasteiger partial charge in [-0.25, -0.2) is 0 Å². The molecule has 1 unspecified atom stereocenters. The van der Waals surface area contributed by atoms with E-state index in [-0.39, 0.29) is 6.04 Å². The fourth-order valence-corrected chi connectivity index (χ4v) is 0.673. The minimum atomic E-state index is -0.146. The van der Waals surface area contributed by atoms with Crippen molar-refractivity contribution in [3.63, 3.8) is 0 Å². The first-order valence-electron chi connectivity index (χ1n) is 3.12. The highest BCUT2D eigenvalue weighted by atomic mass is 15.4. The van der Waals surface area contributed by atoms with Crippen molar-refractivity contribution < 1.29 is 0 Å². The number of hydrogen-bond donors (Lipinski definition) is 1. The topological polar surface area (TPSA) is 40.8 Å². The average molecular weight is 135 g/mol. The van der Waals surface area contributed by atoms with Crippen molar-refractivity contribution in [1.82, 2.24) is 4.68 Å². The Morgan fingerprint density at radius 3 is 2.60 bits per heavy atom. The molecule has 1 rings (SSSR count). The third-order valence-corrected chi connectivity index (χ3v) is 1.14. The van der Waals surface area contributed by atoms with E-state index in [9.17, 15) is 0 Å². The van der Waals surface area contributed by atoms with E-state index in [1.807, 2.05) is 24.5 Å². The van der Waals surface area contributed by atoms with Gasteiger partial charge in [-0.05, 0) is 19.1 Å². The lowest BCUT2D eigenvalue weighted by Crippen LogP contribution is -2.21. The maximum absolute atomic E-state index is 8.41. The predicted octanol–water partition coefficient (Wildman–Crippen LogP) is 0.944. The van der Waals surface area contributed by atoms with Gasteiger partial charge in [-0.1, -0.05) is 0 Å². The molecule has 0 fully saturated rings. The Morgan fingerprint density at radius 2 is 2.10 bits per heavy atom. The van der Waals surface area contributed by atoms with E-state index in [2.05, 4.69) is 11.5 Å². The van der Waals surface area contributed by atoms with Gasteiger partial charge in [-0.2, -0.15) is 5.26 Å². The normalized spacial score (nSPS) is 12.0. The summed E-state index contributed by atoms with van der Waals surface area (Å²) < 4.78 is 1.76. The number of nitriles is 1. The smallest absolute Gasteiger partial charge is 0.126 e. The second kappa shape index (κ2) is 2.92. The molecule has 0 spiro atoms. The van der Waals surface area contributed by atoms with Gasteiger partial charge in [-0.15, -0.1) is 0 Å². The summed E-state index contributed by atoms with van der Waals surface area (Å²) in [6, 6.07) is 5.73. The lowest BCUT2D eigenvalue weighted by molar-refractivity contribution is 0.796. The van der Waals surface area contributed by atoms with E-state index in [0.717, 1.165) is 0 Å². The van der Waals surface area contributed by atoms with Gasteiger partial charge in [0.15, 0.2) is 0 Å². The third kappa shape index (κ3) is 1.52. The van der Waals surface area contributed by atoms with Crippen molar-refractivity contribution in [2.75, 3.05) is 5.43 Å². The molecular weight excluding hydrogens is 126 g/mol. The predicted molar refractivity (Wildman–Crippen MR) is 38.9 cm³/mol. The second-order valence-corrected chi connectivity index (χ2v) is 2.07. The number of nitrogens with one attached hydrogen (secondary N) is 1. The fourth-order valence-electron chi connectivity index (χ4n) is 0.673.